The molecule has 0 aliphatic carbocycles. The molecule has 0 radical (unpaired) electrons. The average molecular weight is 300 g/mol. The number of ether oxygens (including phenoxy) is 1. The van der Waals surface area contributed by atoms with E-state index in [2.05, 4.69) is 0 Å². The van der Waals surface area contributed by atoms with E-state index >= 15 is 0 Å². The molecule has 2 rings (SSSR count). The van der Waals surface area contributed by atoms with Gasteiger partial charge in [0.25, 0.3) is 0 Å². The Labute approximate surface area is 130 Å². The van der Waals surface area contributed by atoms with Crippen LogP contribution < -0.4 is 0 Å². The second kappa shape index (κ2) is 7.74. The molecule has 0 heterocycles. The van der Waals surface area contributed by atoms with Gasteiger partial charge in [-0.25, -0.2) is 4.39 Å². The predicted molar refractivity (Wildman–Crippen MR) is 86.1 cm³/mol. The van der Waals surface area contributed by atoms with E-state index < -0.39 is 5.92 Å². The number of halogens is 1. The zero-order chi connectivity index (χ0) is 15.9. The molecule has 2 nitrogen and oxygen atoms in total. The minimum atomic E-state index is -0.462. The van der Waals surface area contributed by atoms with Gasteiger partial charge in [0.15, 0.2) is 0 Å². The van der Waals surface area contributed by atoms with Crippen LogP contribution in [0.1, 0.15) is 38.2 Å². The molecule has 0 aromatic heterocycles. The molecule has 0 spiro atoms. The van der Waals surface area contributed by atoms with E-state index in [1.54, 1.807) is 19.1 Å². The number of carbonyl (C=O) groups is 1. The van der Waals surface area contributed by atoms with Crippen molar-refractivity contribution in [3.8, 4) is 11.1 Å². The van der Waals surface area contributed by atoms with Crippen LogP contribution in [-0.2, 0) is 9.53 Å². The highest BCUT2D eigenvalue weighted by Crippen LogP contribution is 2.26. The Balaban J connectivity index is 2.13. The van der Waals surface area contributed by atoms with Crippen LogP contribution >= 0.6 is 0 Å². The van der Waals surface area contributed by atoms with Gasteiger partial charge < -0.3 is 4.74 Å². The topological polar surface area (TPSA) is 26.3 Å². The van der Waals surface area contributed by atoms with Crippen molar-refractivity contribution in [2.75, 3.05) is 6.61 Å². The number of rotatable bonds is 6. The standard InChI is InChI=1S/C19H21FO2/c1-3-4-12-22-19(21)14(2)16-10-11-17(18(20)13-16)15-8-6-5-7-9-15/h5-11,13-14H,3-4,12H2,1-2H3/t14-/m1/s1. The van der Waals surface area contributed by atoms with Crippen molar-refractivity contribution in [2.24, 2.45) is 0 Å². The lowest BCUT2D eigenvalue weighted by Gasteiger charge is -2.13. The van der Waals surface area contributed by atoms with Crippen molar-refractivity contribution < 1.29 is 13.9 Å². The first-order valence-corrected chi connectivity index (χ1v) is 7.65. The van der Waals surface area contributed by atoms with Crippen LogP contribution in [0.4, 0.5) is 4.39 Å². The fourth-order valence-corrected chi connectivity index (χ4v) is 2.23. The molecule has 1 atom stereocenters. The summed E-state index contributed by atoms with van der Waals surface area (Å²) in [4.78, 5) is 11.9. The van der Waals surface area contributed by atoms with Crippen LogP contribution in [0.5, 0.6) is 0 Å². The molecule has 0 unspecified atom stereocenters. The average Bonchev–Trinajstić information content (AvgIpc) is 2.55. The molecule has 0 amide bonds. The second-order valence-corrected chi connectivity index (χ2v) is 5.35. The summed E-state index contributed by atoms with van der Waals surface area (Å²) in [5.41, 5.74) is 2.00. The van der Waals surface area contributed by atoms with Crippen LogP contribution in [0.3, 0.4) is 0 Å². The number of carbonyl (C=O) groups excluding carboxylic acids is 1. The first-order valence-electron chi connectivity index (χ1n) is 7.65. The fourth-order valence-electron chi connectivity index (χ4n) is 2.23. The van der Waals surface area contributed by atoms with Gasteiger partial charge in [0.1, 0.15) is 5.82 Å². The SMILES string of the molecule is CCCCOC(=O)[C@H](C)c1ccc(-c2ccccc2)c(F)c1. The molecule has 0 saturated carbocycles. The third-order valence-corrected chi connectivity index (χ3v) is 3.67. The normalized spacial score (nSPS) is 12.0. The molecule has 0 N–H and O–H groups in total. The second-order valence-electron chi connectivity index (χ2n) is 5.35. The fraction of sp³-hybridized carbons (Fsp3) is 0.316. The molecule has 2 aromatic carbocycles. The van der Waals surface area contributed by atoms with E-state index in [-0.39, 0.29) is 11.8 Å². The first kappa shape index (κ1) is 16.2. The van der Waals surface area contributed by atoms with Crippen molar-refractivity contribution in [3.05, 3.63) is 59.9 Å². The Hall–Kier alpha value is -2.16. The molecule has 0 aliphatic rings. The minimum absolute atomic E-state index is 0.305. The van der Waals surface area contributed by atoms with Crippen molar-refractivity contribution >= 4 is 5.97 Å². The Morgan fingerprint density at radius 2 is 1.91 bits per heavy atom. The van der Waals surface area contributed by atoms with Gasteiger partial charge in [-0.3, -0.25) is 4.79 Å². The van der Waals surface area contributed by atoms with E-state index in [4.69, 9.17) is 4.74 Å². The van der Waals surface area contributed by atoms with Gasteiger partial charge in [0, 0.05) is 5.56 Å². The molecule has 2 aromatic rings. The minimum Gasteiger partial charge on any atom is -0.465 e. The third-order valence-electron chi connectivity index (χ3n) is 3.67. The molecule has 22 heavy (non-hydrogen) atoms. The summed E-state index contributed by atoms with van der Waals surface area (Å²) in [6, 6.07) is 14.3. The quantitative estimate of drug-likeness (QED) is 0.558. The van der Waals surface area contributed by atoms with Crippen molar-refractivity contribution in [1.29, 1.82) is 0 Å². The molecule has 0 aliphatic heterocycles. The van der Waals surface area contributed by atoms with Gasteiger partial charge in [-0.1, -0.05) is 55.8 Å². The monoisotopic (exact) mass is 300 g/mol. The zero-order valence-electron chi connectivity index (χ0n) is 13.0. The molecular weight excluding hydrogens is 279 g/mol. The van der Waals surface area contributed by atoms with Gasteiger partial charge >= 0.3 is 5.97 Å². The Bertz CT molecular complexity index is 623. The van der Waals surface area contributed by atoms with Gasteiger partial charge in [-0.15, -0.1) is 0 Å². The van der Waals surface area contributed by atoms with Crippen LogP contribution in [0.25, 0.3) is 11.1 Å². The summed E-state index contributed by atoms with van der Waals surface area (Å²) >= 11 is 0. The van der Waals surface area contributed by atoms with Gasteiger partial charge in [-0.05, 0) is 30.5 Å². The molecule has 116 valence electrons. The summed E-state index contributed by atoms with van der Waals surface area (Å²) < 4.78 is 19.5. The van der Waals surface area contributed by atoms with Crippen molar-refractivity contribution in [2.45, 2.75) is 32.6 Å². The van der Waals surface area contributed by atoms with E-state index in [0.717, 1.165) is 18.4 Å². The smallest absolute Gasteiger partial charge is 0.313 e. The lowest BCUT2D eigenvalue weighted by Crippen LogP contribution is -2.14. The summed E-state index contributed by atoms with van der Waals surface area (Å²) in [6.07, 6.45) is 1.82. The number of hydrogen-bond acceptors (Lipinski definition) is 2. The maximum atomic E-state index is 14.3. The summed E-state index contributed by atoms with van der Waals surface area (Å²) in [7, 11) is 0. The number of esters is 1. The first-order chi connectivity index (χ1) is 10.6. The Morgan fingerprint density at radius 3 is 2.55 bits per heavy atom. The largest absolute Gasteiger partial charge is 0.465 e. The van der Waals surface area contributed by atoms with Crippen LogP contribution in [0.2, 0.25) is 0 Å². The zero-order valence-corrected chi connectivity index (χ0v) is 13.0. The van der Waals surface area contributed by atoms with Gasteiger partial charge in [0.05, 0.1) is 12.5 Å². The van der Waals surface area contributed by atoms with Crippen molar-refractivity contribution in [3.63, 3.8) is 0 Å². The Morgan fingerprint density at radius 1 is 1.18 bits per heavy atom. The highest BCUT2D eigenvalue weighted by atomic mass is 19.1. The molecule has 3 heteroatoms. The summed E-state index contributed by atoms with van der Waals surface area (Å²) in [5.74, 6) is -1.09. The van der Waals surface area contributed by atoms with E-state index in [9.17, 15) is 9.18 Å². The summed E-state index contributed by atoms with van der Waals surface area (Å²) in [5, 5.41) is 0. The lowest BCUT2D eigenvalue weighted by molar-refractivity contribution is -0.145. The highest BCUT2D eigenvalue weighted by molar-refractivity contribution is 5.78. The number of unbranched alkanes of at least 4 members (excludes halogenated alkanes) is 1. The van der Waals surface area contributed by atoms with Crippen LogP contribution in [0.15, 0.2) is 48.5 Å². The highest BCUT2D eigenvalue weighted by Gasteiger charge is 2.18. The van der Waals surface area contributed by atoms with Gasteiger partial charge in [-0.2, -0.15) is 0 Å². The van der Waals surface area contributed by atoms with Crippen LogP contribution in [0, 0.1) is 5.82 Å². The van der Waals surface area contributed by atoms with E-state index in [1.165, 1.54) is 6.07 Å². The molecule has 0 fully saturated rings. The van der Waals surface area contributed by atoms with E-state index in [0.29, 0.717) is 17.7 Å². The number of benzene rings is 2. The summed E-state index contributed by atoms with van der Waals surface area (Å²) in [6.45, 7) is 4.20. The van der Waals surface area contributed by atoms with Crippen LogP contribution in [-0.4, -0.2) is 12.6 Å². The molecule has 0 saturated heterocycles. The van der Waals surface area contributed by atoms with Crippen molar-refractivity contribution in [1.82, 2.24) is 0 Å². The maximum Gasteiger partial charge on any atom is 0.313 e. The van der Waals surface area contributed by atoms with Gasteiger partial charge in [0.2, 0.25) is 0 Å². The Kier molecular flexibility index (Phi) is 5.70. The lowest BCUT2D eigenvalue weighted by atomic mass is 9.97. The molecular formula is C19H21FO2. The predicted octanol–water partition coefficient (Wildman–Crippen LogP) is 4.94. The third kappa shape index (κ3) is 3.94. The number of hydrogen-bond donors (Lipinski definition) is 0. The maximum absolute atomic E-state index is 14.3. The van der Waals surface area contributed by atoms with E-state index in [1.807, 2.05) is 37.3 Å². The molecule has 0 bridgehead atoms.